The van der Waals surface area contributed by atoms with Crippen molar-refractivity contribution in [3.63, 3.8) is 0 Å². The second-order valence-corrected chi connectivity index (χ2v) is 5.41. The van der Waals surface area contributed by atoms with E-state index >= 15 is 0 Å². The van der Waals surface area contributed by atoms with Crippen molar-refractivity contribution >= 4 is 22.8 Å². The van der Waals surface area contributed by atoms with Gasteiger partial charge in [-0.3, -0.25) is 9.59 Å². The second kappa shape index (κ2) is 6.95. The number of nitrogens with one attached hydrogen (secondary N) is 1. The van der Waals surface area contributed by atoms with Crippen molar-refractivity contribution in [2.75, 3.05) is 6.54 Å². The molecule has 2 N–H and O–H groups in total. The Labute approximate surface area is 138 Å². The van der Waals surface area contributed by atoms with Crippen molar-refractivity contribution in [3.05, 3.63) is 65.9 Å². The number of rotatable bonds is 6. The van der Waals surface area contributed by atoms with Crippen LogP contribution in [0.2, 0.25) is 0 Å². The second-order valence-electron chi connectivity index (χ2n) is 5.41. The minimum absolute atomic E-state index is 0.0218. The molecule has 0 saturated carbocycles. The Kier molecular flexibility index (Phi) is 4.56. The highest BCUT2D eigenvalue weighted by Gasteiger charge is 2.21. The summed E-state index contributed by atoms with van der Waals surface area (Å²) in [5.41, 5.74) is 1.81. The Balaban J connectivity index is 1.65. The first-order valence-corrected chi connectivity index (χ1v) is 7.53. The third kappa shape index (κ3) is 3.43. The fourth-order valence-corrected chi connectivity index (χ4v) is 2.53. The molecule has 1 atom stereocenters. The molecule has 3 aromatic rings. The van der Waals surface area contributed by atoms with Gasteiger partial charge >= 0.3 is 5.97 Å². The average molecular weight is 324 g/mol. The molecule has 24 heavy (non-hydrogen) atoms. The van der Waals surface area contributed by atoms with E-state index in [1.165, 1.54) is 0 Å². The third-order valence-corrected chi connectivity index (χ3v) is 3.78. The molecular formula is C18H16N2O4. The molecule has 1 aromatic heterocycles. The van der Waals surface area contributed by atoms with Crippen LogP contribution in [0.1, 0.15) is 17.2 Å². The third-order valence-electron chi connectivity index (χ3n) is 3.78. The van der Waals surface area contributed by atoms with Gasteiger partial charge in [-0.25, -0.2) is 0 Å². The largest absolute Gasteiger partial charge is 0.481 e. The van der Waals surface area contributed by atoms with Crippen LogP contribution in [0.5, 0.6) is 0 Å². The summed E-state index contributed by atoms with van der Waals surface area (Å²) in [7, 11) is 0. The quantitative estimate of drug-likeness (QED) is 0.726. The van der Waals surface area contributed by atoms with Crippen molar-refractivity contribution in [3.8, 4) is 0 Å². The number of nitrogens with zero attached hydrogens (tertiary/aromatic N) is 1. The minimum atomic E-state index is -0.978. The normalized spacial score (nSPS) is 12.0. The number of carbonyl (C=O) groups excluding carboxylic acids is 1. The molecular weight excluding hydrogens is 308 g/mol. The number of hydrogen-bond donors (Lipinski definition) is 2. The van der Waals surface area contributed by atoms with Crippen LogP contribution in [0.15, 0.2) is 59.1 Å². The van der Waals surface area contributed by atoms with Crippen LogP contribution in [-0.2, 0) is 16.0 Å². The van der Waals surface area contributed by atoms with E-state index in [1.807, 2.05) is 24.3 Å². The minimum Gasteiger partial charge on any atom is -0.481 e. The number of para-hydroxylation sites is 1. The summed E-state index contributed by atoms with van der Waals surface area (Å²) in [6.45, 7) is 0.0218. The van der Waals surface area contributed by atoms with Crippen LogP contribution in [0.3, 0.4) is 0 Å². The fraction of sp³-hybridized carbons (Fsp3) is 0.167. The first kappa shape index (κ1) is 15.7. The van der Waals surface area contributed by atoms with Gasteiger partial charge in [-0.15, -0.1) is 0 Å². The Hall–Kier alpha value is -3.15. The predicted octanol–water partition coefficient (Wildman–Crippen LogP) is 2.35. The molecule has 0 unspecified atom stereocenters. The summed E-state index contributed by atoms with van der Waals surface area (Å²) in [6, 6.07) is 16.1. The Morgan fingerprint density at radius 2 is 1.79 bits per heavy atom. The van der Waals surface area contributed by atoms with Gasteiger partial charge in [-0.05, 0) is 17.7 Å². The van der Waals surface area contributed by atoms with Gasteiger partial charge in [-0.1, -0.05) is 47.6 Å². The van der Waals surface area contributed by atoms with E-state index < -0.39 is 11.9 Å². The van der Waals surface area contributed by atoms with Crippen molar-refractivity contribution in [1.29, 1.82) is 0 Å². The van der Waals surface area contributed by atoms with E-state index in [4.69, 9.17) is 4.52 Å². The van der Waals surface area contributed by atoms with Crippen LogP contribution in [0, 0.1) is 0 Å². The lowest BCUT2D eigenvalue weighted by Crippen LogP contribution is -2.32. The van der Waals surface area contributed by atoms with Crippen LogP contribution in [0.25, 0.3) is 11.0 Å². The lowest BCUT2D eigenvalue weighted by molar-refractivity contribution is -0.138. The summed E-state index contributed by atoms with van der Waals surface area (Å²) in [5.74, 6) is -2.06. The number of benzene rings is 2. The van der Waals surface area contributed by atoms with Gasteiger partial charge in [0.1, 0.15) is 5.69 Å². The zero-order valence-corrected chi connectivity index (χ0v) is 12.8. The van der Waals surface area contributed by atoms with E-state index in [2.05, 4.69) is 10.5 Å². The summed E-state index contributed by atoms with van der Waals surface area (Å²) >= 11 is 0. The standard InChI is InChI=1S/C18H16N2O4/c21-17(10-15-13-8-4-5-9-16(13)24-20-15)19-11-14(18(22)23)12-6-2-1-3-7-12/h1-9,14H,10-11H2,(H,19,21)(H,22,23)/t14-/m1/s1. The van der Waals surface area contributed by atoms with E-state index in [0.717, 1.165) is 5.39 Å². The number of fused-ring (bicyclic) bond motifs is 1. The topological polar surface area (TPSA) is 92.4 Å². The number of amides is 1. The molecule has 0 spiro atoms. The highest BCUT2D eigenvalue weighted by Crippen LogP contribution is 2.18. The Morgan fingerprint density at radius 3 is 2.54 bits per heavy atom. The van der Waals surface area contributed by atoms with Crippen LogP contribution < -0.4 is 5.32 Å². The molecule has 122 valence electrons. The van der Waals surface area contributed by atoms with Gasteiger partial charge in [-0.2, -0.15) is 0 Å². The predicted molar refractivity (Wildman–Crippen MR) is 87.5 cm³/mol. The lowest BCUT2D eigenvalue weighted by atomic mass is 9.99. The molecule has 0 aliphatic heterocycles. The highest BCUT2D eigenvalue weighted by molar-refractivity contribution is 5.86. The number of carboxylic acids is 1. The van der Waals surface area contributed by atoms with Gasteiger partial charge in [0.05, 0.1) is 12.3 Å². The number of carboxylic acid groups (broad SMARTS) is 1. The molecule has 0 fully saturated rings. The Bertz CT molecular complexity index is 858. The summed E-state index contributed by atoms with van der Waals surface area (Å²) in [5, 5.41) is 16.7. The van der Waals surface area contributed by atoms with Gasteiger partial charge in [0.25, 0.3) is 0 Å². The van der Waals surface area contributed by atoms with Crippen LogP contribution in [0.4, 0.5) is 0 Å². The SMILES string of the molecule is O=C(Cc1noc2ccccc12)NC[C@@H](C(=O)O)c1ccccc1. The molecule has 6 nitrogen and oxygen atoms in total. The molecule has 1 amide bonds. The van der Waals surface area contributed by atoms with Crippen molar-refractivity contribution in [2.45, 2.75) is 12.3 Å². The smallest absolute Gasteiger partial charge is 0.312 e. The van der Waals surface area contributed by atoms with E-state index in [0.29, 0.717) is 16.8 Å². The number of carbonyl (C=O) groups is 2. The maximum atomic E-state index is 12.1. The Morgan fingerprint density at radius 1 is 1.08 bits per heavy atom. The van der Waals surface area contributed by atoms with E-state index in [1.54, 1.807) is 30.3 Å². The maximum Gasteiger partial charge on any atom is 0.312 e. The summed E-state index contributed by atoms with van der Waals surface area (Å²) < 4.78 is 5.16. The van der Waals surface area contributed by atoms with E-state index in [9.17, 15) is 14.7 Å². The summed E-state index contributed by atoms with van der Waals surface area (Å²) in [6.07, 6.45) is 0.0398. The fourth-order valence-electron chi connectivity index (χ4n) is 2.53. The molecule has 0 bridgehead atoms. The van der Waals surface area contributed by atoms with Crippen LogP contribution in [-0.4, -0.2) is 28.7 Å². The molecule has 0 aliphatic carbocycles. The van der Waals surface area contributed by atoms with Gasteiger partial charge in [0.2, 0.25) is 5.91 Å². The molecule has 2 aromatic carbocycles. The van der Waals surface area contributed by atoms with Gasteiger partial charge < -0.3 is 14.9 Å². The molecule has 6 heteroatoms. The highest BCUT2D eigenvalue weighted by atomic mass is 16.5. The van der Waals surface area contributed by atoms with Gasteiger partial charge in [0, 0.05) is 11.9 Å². The first-order valence-electron chi connectivity index (χ1n) is 7.53. The zero-order chi connectivity index (χ0) is 16.9. The number of hydrogen-bond acceptors (Lipinski definition) is 4. The molecule has 1 heterocycles. The zero-order valence-electron chi connectivity index (χ0n) is 12.8. The average Bonchev–Trinajstić information content (AvgIpc) is 2.99. The molecule has 0 radical (unpaired) electrons. The van der Waals surface area contributed by atoms with Crippen molar-refractivity contribution in [2.24, 2.45) is 0 Å². The van der Waals surface area contributed by atoms with E-state index in [-0.39, 0.29) is 18.9 Å². The summed E-state index contributed by atoms with van der Waals surface area (Å²) in [4.78, 5) is 23.6. The lowest BCUT2D eigenvalue weighted by Gasteiger charge is -2.13. The van der Waals surface area contributed by atoms with Crippen molar-refractivity contribution < 1.29 is 19.2 Å². The number of aliphatic carboxylic acids is 1. The molecule has 3 rings (SSSR count). The molecule has 0 saturated heterocycles. The molecule has 0 aliphatic rings. The monoisotopic (exact) mass is 324 g/mol. The first-order chi connectivity index (χ1) is 11.6. The van der Waals surface area contributed by atoms with Crippen molar-refractivity contribution in [1.82, 2.24) is 10.5 Å². The van der Waals surface area contributed by atoms with Gasteiger partial charge in [0.15, 0.2) is 5.58 Å². The maximum absolute atomic E-state index is 12.1. The number of aromatic nitrogens is 1. The van der Waals surface area contributed by atoms with Crippen LogP contribution >= 0.6 is 0 Å².